The molecule has 1 fully saturated rings. The molecular formula is C19H30FN3O2. The Kier molecular flexibility index (Phi) is 7.20. The lowest BCUT2D eigenvalue weighted by atomic mass is 9.80. The highest BCUT2D eigenvalue weighted by Crippen LogP contribution is 2.32. The molecule has 0 aromatic heterocycles. The first-order valence-corrected chi connectivity index (χ1v) is 9.12. The summed E-state index contributed by atoms with van der Waals surface area (Å²) < 4.78 is 13.0. The molecule has 1 aliphatic carbocycles. The van der Waals surface area contributed by atoms with Gasteiger partial charge in [0, 0.05) is 12.1 Å². The molecule has 6 heteroatoms. The number of nitrogens with one attached hydrogen (secondary N) is 2. The third-order valence-corrected chi connectivity index (χ3v) is 5.41. The molecule has 1 saturated carbocycles. The number of amides is 2. The van der Waals surface area contributed by atoms with Crippen molar-refractivity contribution in [3.8, 4) is 0 Å². The summed E-state index contributed by atoms with van der Waals surface area (Å²) in [6.07, 6.45) is 5.78. The van der Waals surface area contributed by atoms with E-state index in [2.05, 4.69) is 29.5 Å². The number of halogens is 1. The molecule has 1 aromatic rings. The molecule has 2 rings (SSSR count). The van der Waals surface area contributed by atoms with Crippen LogP contribution in [0.3, 0.4) is 0 Å². The standard InChI is InChI=1S/C19H30FN3O2/c1-3-23(2)19(11-5-4-6-12-19)14-21-18(25)22-17(13-24)15-7-9-16(20)10-8-15/h7-10,17,24H,3-6,11-14H2,1-2H3,(H2,21,22,25)/t17-/m1/s1. The summed E-state index contributed by atoms with van der Waals surface area (Å²) in [4.78, 5) is 14.7. The van der Waals surface area contributed by atoms with Crippen LogP contribution in [0.5, 0.6) is 0 Å². The number of hydrogen-bond acceptors (Lipinski definition) is 3. The molecule has 0 radical (unpaired) electrons. The first-order chi connectivity index (χ1) is 12.0. The highest BCUT2D eigenvalue weighted by Gasteiger charge is 2.35. The van der Waals surface area contributed by atoms with Crippen molar-refractivity contribution in [3.63, 3.8) is 0 Å². The molecule has 3 N–H and O–H groups in total. The number of carbonyl (C=O) groups excluding carboxylic acids is 1. The molecule has 0 bridgehead atoms. The van der Waals surface area contributed by atoms with Crippen LogP contribution >= 0.6 is 0 Å². The lowest BCUT2D eigenvalue weighted by Crippen LogP contribution is -2.56. The lowest BCUT2D eigenvalue weighted by molar-refractivity contribution is 0.0808. The molecule has 1 aliphatic rings. The second-order valence-electron chi connectivity index (χ2n) is 6.91. The number of nitrogens with zero attached hydrogens (tertiary/aromatic N) is 1. The molecular weight excluding hydrogens is 321 g/mol. The summed E-state index contributed by atoms with van der Waals surface area (Å²) in [5, 5.41) is 15.3. The fourth-order valence-corrected chi connectivity index (χ4v) is 3.62. The van der Waals surface area contributed by atoms with Gasteiger partial charge in [-0.1, -0.05) is 38.3 Å². The van der Waals surface area contributed by atoms with E-state index in [1.54, 1.807) is 12.1 Å². The number of likely N-dealkylation sites (N-methyl/N-ethyl adjacent to an activating group) is 1. The first-order valence-electron chi connectivity index (χ1n) is 9.12. The van der Waals surface area contributed by atoms with Crippen molar-refractivity contribution in [1.29, 1.82) is 0 Å². The van der Waals surface area contributed by atoms with Gasteiger partial charge in [-0.05, 0) is 44.1 Å². The Balaban J connectivity index is 1.94. The van der Waals surface area contributed by atoms with Gasteiger partial charge in [-0.25, -0.2) is 9.18 Å². The van der Waals surface area contributed by atoms with E-state index < -0.39 is 6.04 Å². The zero-order chi connectivity index (χ0) is 18.3. The monoisotopic (exact) mass is 351 g/mol. The number of aliphatic hydroxyl groups is 1. The zero-order valence-electron chi connectivity index (χ0n) is 15.2. The van der Waals surface area contributed by atoms with E-state index in [-0.39, 0.29) is 24.0 Å². The highest BCUT2D eigenvalue weighted by atomic mass is 19.1. The van der Waals surface area contributed by atoms with E-state index >= 15 is 0 Å². The maximum atomic E-state index is 13.0. The molecule has 2 amide bonds. The predicted molar refractivity (Wildman–Crippen MR) is 96.9 cm³/mol. The van der Waals surface area contributed by atoms with Crippen LogP contribution in [-0.4, -0.2) is 48.3 Å². The largest absolute Gasteiger partial charge is 0.394 e. The normalized spacial score (nSPS) is 18.0. The van der Waals surface area contributed by atoms with Gasteiger partial charge in [0.05, 0.1) is 12.6 Å². The lowest BCUT2D eigenvalue weighted by Gasteiger charge is -2.44. The Hall–Kier alpha value is -1.66. The van der Waals surface area contributed by atoms with E-state index in [4.69, 9.17) is 0 Å². The van der Waals surface area contributed by atoms with Crippen molar-refractivity contribution >= 4 is 6.03 Å². The molecule has 1 aromatic carbocycles. The molecule has 0 saturated heterocycles. The first kappa shape index (κ1) is 19.7. The van der Waals surface area contributed by atoms with Crippen LogP contribution in [0.25, 0.3) is 0 Å². The summed E-state index contributed by atoms with van der Waals surface area (Å²) in [5.41, 5.74) is 0.687. The molecule has 25 heavy (non-hydrogen) atoms. The second kappa shape index (κ2) is 9.15. The van der Waals surface area contributed by atoms with Crippen molar-refractivity contribution < 1.29 is 14.3 Å². The summed E-state index contributed by atoms with van der Waals surface area (Å²) in [7, 11) is 2.11. The molecule has 0 spiro atoms. The van der Waals surface area contributed by atoms with E-state index in [9.17, 15) is 14.3 Å². The van der Waals surface area contributed by atoms with Crippen LogP contribution in [0.15, 0.2) is 24.3 Å². The maximum Gasteiger partial charge on any atom is 0.315 e. The van der Waals surface area contributed by atoms with Crippen molar-refractivity contribution in [2.24, 2.45) is 0 Å². The van der Waals surface area contributed by atoms with Crippen LogP contribution in [0.4, 0.5) is 9.18 Å². The highest BCUT2D eigenvalue weighted by molar-refractivity contribution is 5.74. The quantitative estimate of drug-likeness (QED) is 0.708. The summed E-state index contributed by atoms with van der Waals surface area (Å²) in [5.74, 6) is -0.341. The summed E-state index contributed by atoms with van der Waals surface area (Å²) in [6, 6.07) is 4.94. The minimum absolute atomic E-state index is 0.00886. The van der Waals surface area contributed by atoms with Gasteiger partial charge < -0.3 is 15.7 Å². The summed E-state index contributed by atoms with van der Waals surface area (Å²) in [6.45, 7) is 3.43. The van der Waals surface area contributed by atoms with E-state index in [0.29, 0.717) is 12.1 Å². The van der Waals surface area contributed by atoms with Crippen molar-refractivity contribution in [2.75, 3.05) is 26.7 Å². The third-order valence-electron chi connectivity index (χ3n) is 5.41. The zero-order valence-corrected chi connectivity index (χ0v) is 15.2. The number of aliphatic hydroxyl groups excluding tert-OH is 1. The van der Waals surface area contributed by atoms with Crippen molar-refractivity contribution in [1.82, 2.24) is 15.5 Å². The van der Waals surface area contributed by atoms with E-state index in [1.807, 2.05) is 0 Å². The van der Waals surface area contributed by atoms with Crippen LogP contribution in [-0.2, 0) is 0 Å². The van der Waals surface area contributed by atoms with Gasteiger partial charge in [0.1, 0.15) is 5.82 Å². The van der Waals surface area contributed by atoms with Gasteiger partial charge >= 0.3 is 6.03 Å². The Bertz CT molecular complexity index is 544. The fraction of sp³-hybridized carbons (Fsp3) is 0.632. The Morgan fingerprint density at radius 3 is 2.48 bits per heavy atom. The molecule has 5 nitrogen and oxygen atoms in total. The topological polar surface area (TPSA) is 64.6 Å². The van der Waals surface area contributed by atoms with Gasteiger partial charge in [-0.15, -0.1) is 0 Å². The molecule has 140 valence electrons. The summed E-state index contributed by atoms with van der Waals surface area (Å²) >= 11 is 0. The Labute approximate surface area is 149 Å². The Morgan fingerprint density at radius 2 is 1.92 bits per heavy atom. The van der Waals surface area contributed by atoms with E-state index in [1.165, 1.54) is 31.4 Å². The van der Waals surface area contributed by atoms with Crippen LogP contribution in [0, 0.1) is 5.82 Å². The van der Waals surface area contributed by atoms with Crippen molar-refractivity contribution in [2.45, 2.75) is 50.6 Å². The van der Waals surface area contributed by atoms with Crippen LogP contribution in [0.2, 0.25) is 0 Å². The second-order valence-corrected chi connectivity index (χ2v) is 6.91. The number of benzene rings is 1. The fourth-order valence-electron chi connectivity index (χ4n) is 3.62. The van der Waals surface area contributed by atoms with Crippen LogP contribution in [0.1, 0.15) is 50.6 Å². The van der Waals surface area contributed by atoms with Gasteiger partial charge in [-0.3, -0.25) is 4.90 Å². The molecule has 0 unspecified atom stereocenters. The minimum Gasteiger partial charge on any atom is -0.394 e. The van der Waals surface area contributed by atoms with Gasteiger partial charge in [-0.2, -0.15) is 0 Å². The number of rotatable bonds is 7. The molecule has 0 heterocycles. The number of carbonyl (C=O) groups is 1. The SMILES string of the molecule is CCN(C)C1(CNC(=O)N[C@H](CO)c2ccc(F)cc2)CCCCC1. The average molecular weight is 351 g/mol. The molecule has 1 atom stereocenters. The third kappa shape index (κ3) is 5.16. The van der Waals surface area contributed by atoms with Gasteiger partial charge in [0.15, 0.2) is 0 Å². The molecule has 0 aliphatic heterocycles. The Morgan fingerprint density at radius 1 is 1.28 bits per heavy atom. The predicted octanol–water partition coefficient (Wildman–Crippen LogP) is 2.81. The van der Waals surface area contributed by atoms with Gasteiger partial charge in [0.25, 0.3) is 0 Å². The minimum atomic E-state index is -0.549. The number of hydrogen-bond donors (Lipinski definition) is 3. The smallest absolute Gasteiger partial charge is 0.315 e. The maximum absolute atomic E-state index is 13.0. The number of urea groups is 1. The van der Waals surface area contributed by atoms with E-state index in [0.717, 1.165) is 19.4 Å². The van der Waals surface area contributed by atoms with Gasteiger partial charge in [0.2, 0.25) is 0 Å². The van der Waals surface area contributed by atoms with Crippen LogP contribution < -0.4 is 10.6 Å². The average Bonchev–Trinajstić information content (AvgIpc) is 2.65. The van der Waals surface area contributed by atoms with Crippen molar-refractivity contribution in [3.05, 3.63) is 35.6 Å².